The van der Waals surface area contributed by atoms with Gasteiger partial charge < -0.3 is 4.74 Å². The summed E-state index contributed by atoms with van der Waals surface area (Å²) in [5, 5.41) is 1.13. The Kier molecular flexibility index (Phi) is 7.16. The highest BCUT2D eigenvalue weighted by atomic mass is 35.5. The number of rotatable bonds is 6. The number of amides is 1. The van der Waals surface area contributed by atoms with Crippen LogP contribution in [0.1, 0.15) is 16.7 Å². The number of halogens is 3. The van der Waals surface area contributed by atoms with Crippen molar-refractivity contribution in [3.05, 3.63) is 104 Å². The predicted octanol–water partition coefficient (Wildman–Crippen LogP) is 7.11. The number of carbonyl (C=O) groups is 1. The molecule has 3 aromatic rings. The first-order valence-electron chi connectivity index (χ1n) is 9.55. The summed E-state index contributed by atoms with van der Waals surface area (Å²) in [5.74, 6) is 0.196. The fourth-order valence-corrected chi connectivity index (χ4v) is 4.74. The second kappa shape index (κ2) is 10.0. The summed E-state index contributed by atoms with van der Waals surface area (Å²) < 4.78 is 19.4. The molecule has 8 heteroatoms. The topological polar surface area (TPSA) is 29.5 Å². The Morgan fingerprint density at radius 2 is 1.75 bits per heavy atom. The fourth-order valence-electron chi connectivity index (χ4n) is 3.02. The van der Waals surface area contributed by atoms with Crippen LogP contribution in [0.2, 0.25) is 10.0 Å². The van der Waals surface area contributed by atoms with Crippen molar-refractivity contribution in [2.24, 2.45) is 0 Å². The maximum absolute atomic E-state index is 13.1. The van der Waals surface area contributed by atoms with E-state index in [1.165, 1.54) is 28.8 Å². The summed E-state index contributed by atoms with van der Waals surface area (Å²) in [6.45, 7) is 0.625. The fraction of sp³-hybridized carbons (Fsp3) is 0.0833. The van der Waals surface area contributed by atoms with Crippen molar-refractivity contribution in [2.45, 2.75) is 13.2 Å². The van der Waals surface area contributed by atoms with Gasteiger partial charge in [0.1, 0.15) is 22.5 Å². The van der Waals surface area contributed by atoms with E-state index in [-0.39, 0.29) is 11.7 Å². The molecule has 0 aromatic heterocycles. The summed E-state index contributed by atoms with van der Waals surface area (Å²) >= 11 is 18.7. The molecule has 3 nitrogen and oxygen atoms in total. The highest BCUT2D eigenvalue weighted by Crippen LogP contribution is 2.34. The number of hydrogen-bond donors (Lipinski definition) is 0. The van der Waals surface area contributed by atoms with Crippen LogP contribution in [-0.2, 0) is 17.9 Å². The standard InChI is InChI=1S/C24H16Cl2FNO2S2/c25-18-6-5-17(21(26)12-18)14-30-20-9-3-15(4-10-20)11-22-23(29)28(24(31)32-22)13-16-1-7-19(27)8-2-16/h1-12H,13-14H2. The van der Waals surface area contributed by atoms with Gasteiger partial charge in [-0.25, -0.2) is 4.39 Å². The molecule has 0 radical (unpaired) electrons. The first kappa shape index (κ1) is 22.8. The van der Waals surface area contributed by atoms with E-state index in [4.69, 9.17) is 40.2 Å². The molecule has 0 bridgehead atoms. The van der Waals surface area contributed by atoms with Crippen molar-refractivity contribution in [3.8, 4) is 5.75 Å². The van der Waals surface area contributed by atoms with Crippen LogP contribution in [0.3, 0.4) is 0 Å². The Morgan fingerprint density at radius 3 is 2.44 bits per heavy atom. The normalized spacial score (nSPS) is 15.0. The minimum absolute atomic E-state index is 0.165. The molecule has 1 fully saturated rings. The molecule has 1 amide bonds. The molecule has 0 unspecified atom stereocenters. The van der Waals surface area contributed by atoms with E-state index in [1.807, 2.05) is 30.3 Å². The van der Waals surface area contributed by atoms with Gasteiger partial charge >= 0.3 is 0 Å². The number of carbonyl (C=O) groups excluding carboxylic acids is 1. The zero-order valence-electron chi connectivity index (χ0n) is 16.6. The van der Waals surface area contributed by atoms with Crippen molar-refractivity contribution in [1.82, 2.24) is 4.90 Å². The number of benzene rings is 3. The molecule has 3 aromatic carbocycles. The SMILES string of the molecule is O=C1C(=Cc2ccc(OCc3ccc(Cl)cc3Cl)cc2)SC(=S)N1Cc1ccc(F)cc1. The summed E-state index contributed by atoms with van der Waals surface area (Å²) in [6.07, 6.45) is 1.80. The Hall–Kier alpha value is -2.38. The summed E-state index contributed by atoms with van der Waals surface area (Å²) in [7, 11) is 0. The largest absolute Gasteiger partial charge is 0.489 e. The van der Waals surface area contributed by atoms with E-state index >= 15 is 0 Å². The van der Waals surface area contributed by atoms with Gasteiger partial charge in [0.25, 0.3) is 5.91 Å². The lowest BCUT2D eigenvalue weighted by atomic mass is 10.2. The molecule has 162 valence electrons. The van der Waals surface area contributed by atoms with E-state index in [1.54, 1.807) is 30.3 Å². The number of nitrogens with zero attached hydrogens (tertiary/aromatic N) is 1. The van der Waals surface area contributed by atoms with Gasteiger partial charge in [-0.15, -0.1) is 0 Å². The summed E-state index contributed by atoms with van der Waals surface area (Å²) in [4.78, 5) is 14.9. The van der Waals surface area contributed by atoms with Gasteiger partial charge in [0, 0.05) is 15.6 Å². The highest BCUT2D eigenvalue weighted by Gasteiger charge is 2.31. The minimum atomic E-state index is -0.317. The smallest absolute Gasteiger partial charge is 0.266 e. The lowest BCUT2D eigenvalue weighted by Gasteiger charge is -2.14. The van der Waals surface area contributed by atoms with E-state index in [2.05, 4.69) is 0 Å². The third kappa shape index (κ3) is 5.51. The van der Waals surface area contributed by atoms with Gasteiger partial charge in [-0.05, 0) is 53.6 Å². The monoisotopic (exact) mass is 503 g/mol. The zero-order valence-corrected chi connectivity index (χ0v) is 19.7. The van der Waals surface area contributed by atoms with Gasteiger partial charge in [-0.1, -0.05) is 77.5 Å². The molecular formula is C24H16Cl2FNO2S2. The van der Waals surface area contributed by atoms with Crippen LogP contribution in [0, 0.1) is 5.82 Å². The average molecular weight is 504 g/mol. The van der Waals surface area contributed by atoms with Crippen molar-refractivity contribution in [3.63, 3.8) is 0 Å². The van der Waals surface area contributed by atoms with Gasteiger partial charge in [-0.2, -0.15) is 0 Å². The van der Waals surface area contributed by atoms with Crippen LogP contribution in [0.5, 0.6) is 5.75 Å². The zero-order chi connectivity index (χ0) is 22.7. The Balaban J connectivity index is 1.40. The van der Waals surface area contributed by atoms with Gasteiger partial charge in [-0.3, -0.25) is 9.69 Å². The molecular weight excluding hydrogens is 488 g/mol. The maximum Gasteiger partial charge on any atom is 0.266 e. The van der Waals surface area contributed by atoms with Crippen LogP contribution in [0.15, 0.2) is 71.6 Å². The third-order valence-corrected chi connectivity index (χ3v) is 6.68. The van der Waals surface area contributed by atoms with Crippen LogP contribution >= 0.6 is 47.2 Å². The summed E-state index contributed by atoms with van der Waals surface area (Å²) in [5.41, 5.74) is 2.50. The number of hydrogen-bond acceptors (Lipinski definition) is 4. The van der Waals surface area contributed by atoms with Crippen molar-refractivity contribution in [1.29, 1.82) is 0 Å². The van der Waals surface area contributed by atoms with Gasteiger partial charge in [0.2, 0.25) is 0 Å². The third-order valence-electron chi connectivity index (χ3n) is 4.71. The molecule has 0 aliphatic carbocycles. The van der Waals surface area contributed by atoms with E-state index in [0.29, 0.717) is 38.2 Å². The minimum Gasteiger partial charge on any atom is -0.489 e. The quantitative estimate of drug-likeness (QED) is 0.264. The van der Waals surface area contributed by atoms with E-state index in [9.17, 15) is 9.18 Å². The Labute approximate surface area is 204 Å². The van der Waals surface area contributed by atoms with E-state index in [0.717, 1.165) is 16.7 Å². The number of thiocarbonyl (C=S) groups is 1. The predicted molar refractivity (Wildman–Crippen MR) is 132 cm³/mol. The molecule has 1 saturated heterocycles. The Bertz CT molecular complexity index is 1200. The maximum atomic E-state index is 13.1. The lowest BCUT2D eigenvalue weighted by Crippen LogP contribution is -2.27. The molecule has 1 aliphatic rings. The second-order valence-corrected chi connectivity index (χ2v) is 9.51. The molecule has 0 saturated carbocycles. The summed E-state index contributed by atoms with van der Waals surface area (Å²) in [6, 6.07) is 18.7. The van der Waals surface area contributed by atoms with E-state index < -0.39 is 0 Å². The number of thioether (sulfide) groups is 1. The van der Waals surface area contributed by atoms with Crippen LogP contribution < -0.4 is 4.74 Å². The van der Waals surface area contributed by atoms with Gasteiger partial charge in [0.15, 0.2) is 0 Å². The van der Waals surface area contributed by atoms with Gasteiger partial charge in [0.05, 0.1) is 11.4 Å². The molecule has 0 atom stereocenters. The molecule has 1 aliphatic heterocycles. The van der Waals surface area contributed by atoms with Crippen molar-refractivity contribution >= 4 is 63.5 Å². The van der Waals surface area contributed by atoms with Crippen molar-refractivity contribution in [2.75, 3.05) is 0 Å². The van der Waals surface area contributed by atoms with Crippen LogP contribution in [0.25, 0.3) is 6.08 Å². The molecule has 1 heterocycles. The second-order valence-electron chi connectivity index (χ2n) is 6.99. The van der Waals surface area contributed by atoms with Crippen LogP contribution in [-0.4, -0.2) is 15.1 Å². The van der Waals surface area contributed by atoms with Crippen LogP contribution in [0.4, 0.5) is 4.39 Å². The van der Waals surface area contributed by atoms with Crippen molar-refractivity contribution < 1.29 is 13.9 Å². The molecule has 4 rings (SSSR count). The molecule has 0 N–H and O–H groups in total. The molecule has 0 spiro atoms. The first-order valence-corrected chi connectivity index (χ1v) is 11.5. The highest BCUT2D eigenvalue weighted by molar-refractivity contribution is 8.26. The molecule has 32 heavy (non-hydrogen) atoms. The first-order chi connectivity index (χ1) is 15.4. The Morgan fingerprint density at radius 1 is 1.03 bits per heavy atom. The lowest BCUT2D eigenvalue weighted by molar-refractivity contribution is -0.122. The number of ether oxygens (including phenoxy) is 1. The average Bonchev–Trinajstić information content (AvgIpc) is 3.03.